The van der Waals surface area contributed by atoms with Crippen molar-refractivity contribution in [1.29, 1.82) is 0 Å². The van der Waals surface area contributed by atoms with Crippen LogP contribution in [0.2, 0.25) is 5.02 Å². The largest absolute Gasteiger partial charge is 0.494 e. The van der Waals surface area contributed by atoms with E-state index in [-0.39, 0.29) is 5.91 Å². The van der Waals surface area contributed by atoms with Crippen molar-refractivity contribution in [3.63, 3.8) is 0 Å². The summed E-state index contributed by atoms with van der Waals surface area (Å²) < 4.78 is 5.61. The molecule has 110 valence electrons. The number of aryl methyl sites for hydroxylation is 1. The number of carbonyl (C=O) groups excluding carboxylic acids is 1. The first-order valence-electron chi connectivity index (χ1n) is 6.88. The first kappa shape index (κ1) is 15.4. The van der Waals surface area contributed by atoms with Crippen molar-refractivity contribution in [2.75, 3.05) is 11.9 Å². The van der Waals surface area contributed by atoms with Crippen molar-refractivity contribution >= 4 is 23.2 Å². The molecule has 0 aromatic heterocycles. The highest BCUT2D eigenvalue weighted by molar-refractivity contribution is 6.30. The van der Waals surface area contributed by atoms with Crippen LogP contribution in [0, 0.1) is 6.92 Å². The Labute approximate surface area is 129 Å². The molecule has 0 heterocycles. The SMILES string of the molecule is Cc1cccc(OCCCC(=O)Nc2cccc(Cl)c2)c1. The Bertz CT molecular complexity index is 613. The number of anilines is 1. The van der Waals surface area contributed by atoms with Crippen molar-refractivity contribution in [2.45, 2.75) is 19.8 Å². The number of halogens is 1. The molecule has 0 fully saturated rings. The molecule has 1 amide bonds. The topological polar surface area (TPSA) is 38.3 Å². The van der Waals surface area contributed by atoms with Gasteiger partial charge in [0.15, 0.2) is 0 Å². The number of rotatable bonds is 6. The molecule has 0 aliphatic rings. The van der Waals surface area contributed by atoms with Crippen LogP contribution in [0.15, 0.2) is 48.5 Å². The lowest BCUT2D eigenvalue weighted by Crippen LogP contribution is -2.12. The number of hydrogen-bond acceptors (Lipinski definition) is 2. The molecule has 2 rings (SSSR count). The first-order chi connectivity index (χ1) is 10.1. The molecule has 2 aromatic carbocycles. The summed E-state index contributed by atoms with van der Waals surface area (Å²) in [5.74, 6) is 0.801. The second kappa shape index (κ2) is 7.70. The molecule has 21 heavy (non-hydrogen) atoms. The van der Waals surface area contributed by atoms with Crippen LogP contribution in [0.1, 0.15) is 18.4 Å². The standard InChI is InChI=1S/C17H18ClNO2/c1-13-5-2-8-16(11-13)21-10-4-9-17(20)19-15-7-3-6-14(18)12-15/h2-3,5-8,11-12H,4,9-10H2,1H3,(H,19,20). The maximum Gasteiger partial charge on any atom is 0.224 e. The van der Waals surface area contributed by atoms with E-state index in [2.05, 4.69) is 5.32 Å². The highest BCUT2D eigenvalue weighted by atomic mass is 35.5. The summed E-state index contributed by atoms with van der Waals surface area (Å²) in [5.41, 5.74) is 1.87. The average molecular weight is 304 g/mol. The van der Waals surface area contributed by atoms with Crippen molar-refractivity contribution < 1.29 is 9.53 Å². The summed E-state index contributed by atoms with van der Waals surface area (Å²) in [4.78, 5) is 11.8. The van der Waals surface area contributed by atoms with Crippen LogP contribution >= 0.6 is 11.6 Å². The Kier molecular flexibility index (Phi) is 5.64. The lowest BCUT2D eigenvalue weighted by molar-refractivity contribution is -0.116. The van der Waals surface area contributed by atoms with Crippen LogP contribution in [0.4, 0.5) is 5.69 Å². The maximum atomic E-state index is 11.8. The summed E-state index contributed by atoms with van der Waals surface area (Å²) in [5, 5.41) is 3.42. The third-order valence-corrected chi connectivity index (χ3v) is 3.15. The molecule has 0 unspecified atom stereocenters. The van der Waals surface area contributed by atoms with Gasteiger partial charge in [0.1, 0.15) is 5.75 Å². The molecule has 0 saturated carbocycles. The average Bonchev–Trinajstić information content (AvgIpc) is 2.44. The number of amides is 1. The van der Waals surface area contributed by atoms with Crippen LogP contribution in [-0.4, -0.2) is 12.5 Å². The molecule has 0 saturated heterocycles. The fraction of sp³-hybridized carbons (Fsp3) is 0.235. The van der Waals surface area contributed by atoms with Crippen molar-refractivity contribution in [3.8, 4) is 5.75 Å². The fourth-order valence-corrected chi connectivity index (χ4v) is 2.11. The molecule has 4 heteroatoms. The normalized spacial score (nSPS) is 10.2. The van der Waals surface area contributed by atoms with E-state index in [0.717, 1.165) is 11.3 Å². The molecule has 0 bridgehead atoms. The molecule has 0 spiro atoms. The van der Waals surface area contributed by atoms with Crippen LogP contribution in [0.25, 0.3) is 0 Å². The van der Waals surface area contributed by atoms with Gasteiger partial charge in [-0.1, -0.05) is 29.8 Å². The van der Waals surface area contributed by atoms with E-state index in [1.807, 2.05) is 37.3 Å². The van der Waals surface area contributed by atoms with Gasteiger partial charge in [0.2, 0.25) is 5.91 Å². The lowest BCUT2D eigenvalue weighted by Gasteiger charge is -2.08. The molecule has 0 radical (unpaired) electrons. The highest BCUT2D eigenvalue weighted by Crippen LogP contribution is 2.15. The van der Waals surface area contributed by atoms with E-state index in [0.29, 0.717) is 30.2 Å². The summed E-state index contributed by atoms with van der Waals surface area (Å²) in [6.45, 7) is 2.54. The van der Waals surface area contributed by atoms with Gasteiger partial charge in [-0.15, -0.1) is 0 Å². The van der Waals surface area contributed by atoms with Gasteiger partial charge in [0.25, 0.3) is 0 Å². The summed E-state index contributed by atoms with van der Waals surface area (Å²) in [6, 6.07) is 15.0. The molecular weight excluding hydrogens is 286 g/mol. The van der Waals surface area contributed by atoms with Crippen molar-refractivity contribution in [1.82, 2.24) is 0 Å². The smallest absolute Gasteiger partial charge is 0.224 e. The Balaban J connectivity index is 1.70. The summed E-state index contributed by atoms with van der Waals surface area (Å²) >= 11 is 5.86. The van der Waals surface area contributed by atoms with E-state index in [1.54, 1.807) is 18.2 Å². The molecule has 3 nitrogen and oxygen atoms in total. The molecule has 1 N–H and O–H groups in total. The monoisotopic (exact) mass is 303 g/mol. The van der Waals surface area contributed by atoms with Crippen LogP contribution in [0.5, 0.6) is 5.75 Å². The highest BCUT2D eigenvalue weighted by Gasteiger charge is 2.03. The van der Waals surface area contributed by atoms with Crippen molar-refractivity contribution in [2.24, 2.45) is 0 Å². The van der Waals surface area contributed by atoms with Gasteiger partial charge in [-0.3, -0.25) is 4.79 Å². The van der Waals surface area contributed by atoms with E-state index < -0.39 is 0 Å². The number of ether oxygens (including phenoxy) is 1. The Morgan fingerprint density at radius 2 is 2.00 bits per heavy atom. The van der Waals surface area contributed by atoms with E-state index in [1.165, 1.54) is 0 Å². The van der Waals surface area contributed by atoms with Crippen LogP contribution in [0.3, 0.4) is 0 Å². The van der Waals surface area contributed by atoms with E-state index in [9.17, 15) is 4.79 Å². The zero-order valence-corrected chi connectivity index (χ0v) is 12.7. The van der Waals surface area contributed by atoms with Crippen LogP contribution < -0.4 is 10.1 Å². The van der Waals surface area contributed by atoms with Gasteiger partial charge in [-0.05, 0) is 49.2 Å². The molecule has 2 aromatic rings. The Morgan fingerprint density at radius 1 is 1.19 bits per heavy atom. The molecule has 0 aliphatic heterocycles. The Morgan fingerprint density at radius 3 is 2.76 bits per heavy atom. The molecule has 0 atom stereocenters. The summed E-state index contributed by atoms with van der Waals surface area (Å²) in [6.07, 6.45) is 1.08. The number of hydrogen-bond donors (Lipinski definition) is 1. The van der Waals surface area contributed by atoms with Gasteiger partial charge >= 0.3 is 0 Å². The third kappa shape index (κ3) is 5.48. The van der Waals surface area contributed by atoms with E-state index >= 15 is 0 Å². The van der Waals surface area contributed by atoms with Crippen LogP contribution in [-0.2, 0) is 4.79 Å². The second-order valence-electron chi connectivity index (χ2n) is 4.83. The van der Waals surface area contributed by atoms with Gasteiger partial charge in [0, 0.05) is 17.1 Å². The predicted molar refractivity (Wildman–Crippen MR) is 86.0 cm³/mol. The van der Waals surface area contributed by atoms with Gasteiger partial charge in [-0.2, -0.15) is 0 Å². The van der Waals surface area contributed by atoms with Gasteiger partial charge in [-0.25, -0.2) is 0 Å². The van der Waals surface area contributed by atoms with Gasteiger partial charge in [0.05, 0.1) is 6.61 Å². The fourth-order valence-electron chi connectivity index (χ4n) is 1.92. The zero-order chi connectivity index (χ0) is 15.1. The maximum absolute atomic E-state index is 11.8. The number of nitrogens with one attached hydrogen (secondary N) is 1. The second-order valence-corrected chi connectivity index (χ2v) is 5.26. The van der Waals surface area contributed by atoms with Crippen molar-refractivity contribution in [3.05, 3.63) is 59.1 Å². The first-order valence-corrected chi connectivity index (χ1v) is 7.26. The van der Waals surface area contributed by atoms with Gasteiger partial charge < -0.3 is 10.1 Å². The minimum absolute atomic E-state index is 0.0369. The third-order valence-electron chi connectivity index (χ3n) is 2.91. The Hall–Kier alpha value is -2.00. The minimum Gasteiger partial charge on any atom is -0.494 e. The van der Waals surface area contributed by atoms with E-state index in [4.69, 9.17) is 16.3 Å². The number of carbonyl (C=O) groups is 1. The lowest BCUT2D eigenvalue weighted by atomic mass is 10.2. The zero-order valence-electron chi connectivity index (χ0n) is 11.9. The predicted octanol–water partition coefficient (Wildman–Crippen LogP) is 4.45. The summed E-state index contributed by atoms with van der Waals surface area (Å²) in [7, 11) is 0. The quantitative estimate of drug-likeness (QED) is 0.801. The molecular formula is C17H18ClNO2. The minimum atomic E-state index is -0.0369. The number of benzene rings is 2. The molecule has 0 aliphatic carbocycles.